The molecule has 0 aliphatic carbocycles. The number of nitrogens with zero attached hydrogens (tertiary/aromatic N) is 1. The van der Waals surface area contributed by atoms with Crippen molar-refractivity contribution in [3.63, 3.8) is 0 Å². The van der Waals surface area contributed by atoms with Crippen LogP contribution in [-0.2, 0) is 6.61 Å². The Bertz CT molecular complexity index is 1620. The summed E-state index contributed by atoms with van der Waals surface area (Å²) in [5.74, 6) is 0.472. The van der Waals surface area contributed by atoms with E-state index in [0.29, 0.717) is 34.6 Å². The van der Waals surface area contributed by atoms with Crippen molar-refractivity contribution in [2.45, 2.75) is 19.6 Å². The highest BCUT2D eigenvalue weighted by Crippen LogP contribution is 2.41. The molecule has 0 radical (unpaired) electrons. The molecular weight excluding hydrogens is 450 g/mol. The molecule has 6 rings (SSSR count). The Kier molecular flexibility index (Phi) is 5.38. The van der Waals surface area contributed by atoms with Crippen molar-refractivity contribution in [1.82, 2.24) is 0 Å². The molecule has 0 fully saturated rings. The summed E-state index contributed by atoms with van der Waals surface area (Å²) in [6.07, 6.45) is 0. The standard InChI is InChI=1S/C31H23NO4/c1-20-12-17-26-25(18-20)29(33)27-28(32(31(34)30(27)36-26)23-10-6-3-7-11-23)22-13-15-24(16-14-22)35-19-21-8-4-2-5-9-21/h2-18,28H,19H2,1H3. The lowest BCUT2D eigenvalue weighted by molar-refractivity contribution is 0.0971. The molecule has 0 bridgehead atoms. The van der Waals surface area contributed by atoms with Crippen molar-refractivity contribution < 1.29 is 13.9 Å². The van der Waals surface area contributed by atoms with E-state index in [-0.39, 0.29) is 17.1 Å². The number of carbonyl (C=O) groups excluding carboxylic acids is 1. The molecule has 0 N–H and O–H groups in total. The van der Waals surface area contributed by atoms with Crippen molar-refractivity contribution in [1.29, 1.82) is 0 Å². The number of para-hydroxylation sites is 1. The van der Waals surface area contributed by atoms with Crippen molar-refractivity contribution in [3.05, 3.63) is 141 Å². The zero-order valence-corrected chi connectivity index (χ0v) is 19.7. The molecule has 5 aromatic rings. The Balaban J connectivity index is 1.44. The Morgan fingerprint density at radius 1 is 0.833 bits per heavy atom. The second-order valence-electron chi connectivity index (χ2n) is 8.93. The molecule has 0 saturated carbocycles. The largest absolute Gasteiger partial charge is 0.489 e. The van der Waals surface area contributed by atoms with Crippen LogP contribution in [0.4, 0.5) is 5.69 Å². The lowest BCUT2D eigenvalue weighted by atomic mass is 9.98. The summed E-state index contributed by atoms with van der Waals surface area (Å²) < 4.78 is 12.0. The summed E-state index contributed by atoms with van der Waals surface area (Å²) in [4.78, 5) is 29.0. The summed E-state index contributed by atoms with van der Waals surface area (Å²) in [6, 6.07) is 31.7. The quantitative estimate of drug-likeness (QED) is 0.295. The molecule has 1 atom stereocenters. The van der Waals surface area contributed by atoms with Gasteiger partial charge in [0.2, 0.25) is 5.76 Å². The van der Waals surface area contributed by atoms with Crippen LogP contribution in [0.1, 0.15) is 38.9 Å². The van der Waals surface area contributed by atoms with Crippen LogP contribution in [0, 0.1) is 6.92 Å². The number of benzene rings is 4. The number of amides is 1. The molecule has 1 unspecified atom stereocenters. The summed E-state index contributed by atoms with van der Waals surface area (Å²) in [6.45, 7) is 2.38. The van der Waals surface area contributed by atoms with E-state index in [2.05, 4.69) is 0 Å². The predicted octanol–water partition coefficient (Wildman–Crippen LogP) is 6.43. The van der Waals surface area contributed by atoms with Crippen LogP contribution in [0.25, 0.3) is 11.0 Å². The van der Waals surface area contributed by atoms with Crippen molar-refractivity contribution in [2.75, 3.05) is 4.90 Å². The fraction of sp³-hybridized carbons (Fsp3) is 0.0968. The van der Waals surface area contributed by atoms with Gasteiger partial charge < -0.3 is 9.15 Å². The van der Waals surface area contributed by atoms with Gasteiger partial charge in [0.25, 0.3) is 5.91 Å². The molecule has 0 saturated heterocycles. The first-order chi connectivity index (χ1) is 17.6. The Labute approximate surface area is 208 Å². The van der Waals surface area contributed by atoms with Gasteiger partial charge in [-0.05, 0) is 54.4 Å². The monoisotopic (exact) mass is 473 g/mol. The van der Waals surface area contributed by atoms with Gasteiger partial charge in [0.1, 0.15) is 17.9 Å². The van der Waals surface area contributed by atoms with Gasteiger partial charge >= 0.3 is 0 Å². The second-order valence-corrected chi connectivity index (χ2v) is 8.93. The van der Waals surface area contributed by atoms with E-state index in [1.54, 1.807) is 11.0 Å². The third-order valence-corrected chi connectivity index (χ3v) is 6.50. The van der Waals surface area contributed by atoms with E-state index < -0.39 is 6.04 Å². The van der Waals surface area contributed by atoms with E-state index in [4.69, 9.17) is 9.15 Å². The van der Waals surface area contributed by atoms with Gasteiger partial charge in [-0.25, -0.2) is 0 Å². The Morgan fingerprint density at radius 3 is 2.25 bits per heavy atom. The number of fused-ring (bicyclic) bond motifs is 2. The molecule has 176 valence electrons. The molecule has 36 heavy (non-hydrogen) atoms. The molecule has 1 amide bonds. The second kappa shape index (κ2) is 8.86. The summed E-state index contributed by atoms with van der Waals surface area (Å²) >= 11 is 0. The topological polar surface area (TPSA) is 59.8 Å². The molecule has 1 aliphatic rings. The first-order valence-electron chi connectivity index (χ1n) is 11.8. The lowest BCUT2D eigenvalue weighted by Crippen LogP contribution is -2.29. The fourth-order valence-corrected chi connectivity index (χ4v) is 4.74. The molecule has 5 nitrogen and oxygen atoms in total. The smallest absolute Gasteiger partial charge is 0.295 e. The number of carbonyl (C=O) groups is 1. The first kappa shape index (κ1) is 21.9. The van der Waals surface area contributed by atoms with Gasteiger partial charge in [-0.3, -0.25) is 14.5 Å². The van der Waals surface area contributed by atoms with Crippen molar-refractivity contribution in [3.8, 4) is 5.75 Å². The molecular formula is C31H23NO4. The summed E-state index contributed by atoms with van der Waals surface area (Å²) in [5, 5.41) is 0.476. The maximum Gasteiger partial charge on any atom is 0.295 e. The minimum Gasteiger partial charge on any atom is -0.489 e. The van der Waals surface area contributed by atoms with Crippen molar-refractivity contribution >= 4 is 22.6 Å². The van der Waals surface area contributed by atoms with Gasteiger partial charge in [0, 0.05) is 5.69 Å². The van der Waals surface area contributed by atoms with E-state index in [1.165, 1.54) is 0 Å². The number of aryl methyl sites for hydroxylation is 1. The molecule has 1 aliphatic heterocycles. The predicted molar refractivity (Wildman–Crippen MR) is 140 cm³/mol. The first-order valence-corrected chi connectivity index (χ1v) is 11.8. The van der Waals surface area contributed by atoms with Gasteiger partial charge in [-0.15, -0.1) is 0 Å². The molecule has 1 aromatic heterocycles. The zero-order chi connectivity index (χ0) is 24.6. The lowest BCUT2D eigenvalue weighted by Gasteiger charge is -2.25. The molecule has 5 heteroatoms. The highest BCUT2D eigenvalue weighted by Gasteiger charge is 2.43. The minimum absolute atomic E-state index is 0.0922. The molecule has 0 spiro atoms. The summed E-state index contributed by atoms with van der Waals surface area (Å²) in [7, 11) is 0. The zero-order valence-electron chi connectivity index (χ0n) is 19.7. The number of hydrogen-bond donors (Lipinski definition) is 0. The van der Waals surface area contributed by atoms with Crippen LogP contribution in [0.3, 0.4) is 0 Å². The van der Waals surface area contributed by atoms with Crippen molar-refractivity contribution in [2.24, 2.45) is 0 Å². The maximum absolute atomic E-state index is 13.7. The van der Waals surface area contributed by atoms with Gasteiger partial charge in [-0.1, -0.05) is 72.3 Å². The highest BCUT2D eigenvalue weighted by molar-refractivity contribution is 6.10. The third kappa shape index (κ3) is 3.75. The minimum atomic E-state index is -0.612. The van der Waals surface area contributed by atoms with Crippen LogP contribution in [0.2, 0.25) is 0 Å². The number of ether oxygens (including phenoxy) is 1. The van der Waals surface area contributed by atoms with Crippen LogP contribution in [0.15, 0.2) is 112 Å². The Morgan fingerprint density at radius 2 is 1.53 bits per heavy atom. The normalized spacial score (nSPS) is 14.8. The summed E-state index contributed by atoms with van der Waals surface area (Å²) in [5.41, 5.74) is 4.12. The highest BCUT2D eigenvalue weighted by atomic mass is 16.5. The number of anilines is 1. The van der Waals surface area contributed by atoms with Crippen LogP contribution < -0.4 is 15.1 Å². The van der Waals surface area contributed by atoms with E-state index in [9.17, 15) is 9.59 Å². The van der Waals surface area contributed by atoms with E-state index in [1.807, 2.05) is 104 Å². The number of hydrogen-bond acceptors (Lipinski definition) is 4. The van der Waals surface area contributed by atoms with Gasteiger partial charge in [-0.2, -0.15) is 0 Å². The third-order valence-electron chi connectivity index (χ3n) is 6.50. The fourth-order valence-electron chi connectivity index (χ4n) is 4.74. The van der Waals surface area contributed by atoms with Crippen LogP contribution in [0.5, 0.6) is 5.75 Å². The SMILES string of the molecule is Cc1ccc2oc3c(c(=O)c2c1)C(c1ccc(OCc2ccccc2)cc1)N(c1ccccc1)C3=O. The van der Waals surface area contributed by atoms with E-state index >= 15 is 0 Å². The van der Waals surface area contributed by atoms with Crippen LogP contribution >= 0.6 is 0 Å². The van der Waals surface area contributed by atoms with Gasteiger partial charge in [0.05, 0.1) is 17.0 Å². The molecule has 2 heterocycles. The Hall–Kier alpha value is -4.64. The van der Waals surface area contributed by atoms with Gasteiger partial charge in [0.15, 0.2) is 5.43 Å². The number of rotatable bonds is 5. The average Bonchev–Trinajstić information content (AvgIpc) is 3.21. The van der Waals surface area contributed by atoms with E-state index in [0.717, 1.165) is 16.7 Å². The maximum atomic E-state index is 13.7. The molecule has 4 aromatic carbocycles. The average molecular weight is 474 g/mol. The van der Waals surface area contributed by atoms with Crippen LogP contribution in [-0.4, -0.2) is 5.91 Å².